The van der Waals surface area contributed by atoms with Crippen molar-refractivity contribution in [2.24, 2.45) is 0 Å². The molecule has 4 heteroatoms. The smallest absolute Gasteiger partial charge is 0.264 e. The number of carbonyl (C=O) groups is 1. The summed E-state index contributed by atoms with van der Waals surface area (Å²) in [6.45, 7) is 0.426. The zero-order chi connectivity index (χ0) is 16.7. The Morgan fingerprint density at radius 1 is 1.13 bits per heavy atom. The number of hydrogen-bond donors (Lipinski definition) is 0. The maximum Gasteiger partial charge on any atom is 0.264 e. The lowest BCUT2D eigenvalue weighted by Crippen LogP contribution is -2.22. The van der Waals surface area contributed by atoms with Crippen LogP contribution in [-0.2, 0) is 11.4 Å². The second-order valence-electron chi connectivity index (χ2n) is 5.18. The lowest BCUT2D eigenvalue weighted by molar-refractivity contribution is -0.124. The molecule has 116 valence electrons. The molecule has 2 rings (SSSR count). The van der Waals surface area contributed by atoms with Gasteiger partial charge in [0.2, 0.25) is 0 Å². The molecular formula is C19H18N2O2. The summed E-state index contributed by atoms with van der Waals surface area (Å²) in [5.41, 5.74) is 1.83. The Morgan fingerprint density at radius 2 is 1.78 bits per heavy atom. The number of amides is 1. The van der Waals surface area contributed by atoms with Crippen LogP contribution >= 0.6 is 0 Å². The van der Waals surface area contributed by atoms with Gasteiger partial charge >= 0.3 is 0 Å². The maximum atomic E-state index is 12.0. The minimum Gasteiger partial charge on any atom is -0.488 e. The second-order valence-corrected chi connectivity index (χ2v) is 5.18. The first kappa shape index (κ1) is 16.3. The highest BCUT2D eigenvalue weighted by Crippen LogP contribution is 2.22. The fraction of sp³-hybridized carbons (Fsp3) is 0.158. The molecule has 2 aromatic carbocycles. The van der Waals surface area contributed by atoms with Crippen molar-refractivity contribution in [2.75, 3.05) is 14.1 Å². The van der Waals surface area contributed by atoms with Crippen molar-refractivity contribution in [2.45, 2.75) is 6.61 Å². The number of carbonyl (C=O) groups excluding carboxylic acids is 1. The summed E-state index contributed by atoms with van der Waals surface area (Å²) in [5.74, 6) is 0.307. The zero-order valence-electron chi connectivity index (χ0n) is 13.2. The molecule has 0 aliphatic carbocycles. The summed E-state index contributed by atoms with van der Waals surface area (Å²) >= 11 is 0. The van der Waals surface area contributed by atoms with E-state index in [2.05, 4.69) is 0 Å². The van der Waals surface area contributed by atoms with Crippen molar-refractivity contribution in [1.82, 2.24) is 4.90 Å². The largest absolute Gasteiger partial charge is 0.488 e. The molecule has 0 aliphatic heterocycles. The minimum atomic E-state index is -0.328. The van der Waals surface area contributed by atoms with Crippen LogP contribution in [0.5, 0.6) is 5.75 Å². The monoisotopic (exact) mass is 306 g/mol. The van der Waals surface area contributed by atoms with Gasteiger partial charge in [-0.3, -0.25) is 4.79 Å². The molecule has 0 bridgehead atoms. The number of nitriles is 1. The molecule has 0 aromatic heterocycles. The van der Waals surface area contributed by atoms with Crippen molar-refractivity contribution in [3.05, 3.63) is 71.3 Å². The Kier molecular flexibility index (Phi) is 5.54. The molecule has 0 saturated carbocycles. The van der Waals surface area contributed by atoms with Crippen LogP contribution in [0.15, 0.2) is 60.2 Å². The van der Waals surface area contributed by atoms with Crippen LogP contribution in [-0.4, -0.2) is 24.9 Å². The summed E-state index contributed by atoms with van der Waals surface area (Å²) in [4.78, 5) is 13.3. The van der Waals surface area contributed by atoms with Gasteiger partial charge in [0.05, 0.1) is 0 Å². The van der Waals surface area contributed by atoms with Crippen LogP contribution < -0.4 is 4.74 Å². The Bertz CT molecular complexity index is 743. The van der Waals surface area contributed by atoms with Crippen molar-refractivity contribution in [1.29, 1.82) is 5.26 Å². The molecule has 0 unspecified atom stereocenters. The first-order valence-electron chi connectivity index (χ1n) is 7.21. The molecule has 0 N–H and O–H groups in total. The van der Waals surface area contributed by atoms with Gasteiger partial charge < -0.3 is 9.64 Å². The Morgan fingerprint density at radius 3 is 2.43 bits per heavy atom. The van der Waals surface area contributed by atoms with Crippen LogP contribution in [0, 0.1) is 11.3 Å². The van der Waals surface area contributed by atoms with Crippen LogP contribution in [0.4, 0.5) is 0 Å². The third-order valence-corrected chi connectivity index (χ3v) is 3.21. The quantitative estimate of drug-likeness (QED) is 0.629. The summed E-state index contributed by atoms with van der Waals surface area (Å²) < 4.78 is 5.83. The van der Waals surface area contributed by atoms with Gasteiger partial charge in [0.25, 0.3) is 5.91 Å². The number of likely N-dealkylation sites (N-methyl/N-ethyl adjacent to an activating group) is 1. The van der Waals surface area contributed by atoms with Crippen LogP contribution in [0.25, 0.3) is 6.08 Å². The van der Waals surface area contributed by atoms with E-state index < -0.39 is 0 Å². The van der Waals surface area contributed by atoms with Gasteiger partial charge in [-0.15, -0.1) is 0 Å². The number of benzene rings is 2. The van der Waals surface area contributed by atoms with E-state index in [1.54, 1.807) is 20.2 Å². The Labute approximate surface area is 136 Å². The average Bonchev–Trinajstić information content (AvgIpc) is 2.59. The zero-order valence-corrected chi connectivity index (χ0v) is 13.2. The van der Waals surface area contributed by atoms with Gasteiger partial charge in [-0.2, -0.15) is 5.26 Å². The van der Waals surface area contributed by atoms with E-state index in [4.69, 9.17) is 4.74 Å². The first-order valence-corrected chi connectivity index (χ1v) is 7.21. The maximum absolute atomic E-state index is 12.0. The lowest BCUT2D eigenvalue weighted by Gasteiger charge is -2.11. The summed E-state index contributed by atoms with van der Waals surface area (Å²) in [6.07, 6.45) is 1.56. The summed E-state index contributed by atoms with van der Waals surface area (Å²) in [6, 6.07) is 19.1. The molecule has 2 aromatic rings. The predicted molar refractivity (Wildman–Crippen MR) is 89.5 cm³/mol. The van der Waals surface area contributed by atoms with E-state index in [0.717, 1.165) is 5.56 Å². The minimum absolute atomic E-state index is 0.0748. The van der Waals surface area contributed by atoms with Gasteiger partial charge in [-0.25, -0.2) is 0 Å². The third kappa shape index (κ3) is 4.45. The first-order chi connectivity index (χ1) is 11.1. The molecule has 0 radical (unpaired) electrons. The van der Waals surface area contributed by atoms with Gasteiger partial charge in [0.1, 0.15) is 24.0 Å². The van der Waals surface area contributed by atoms with Gasteiger partial charge in [-0.05, 0) is 17.7 Å². The van der Waals surface area contributed by atoms with Crippen LogP contribution in [0.1, 0.15) is 11.1 Å². The summed E-state index contributed by atoms with van der Waals surface area (Å²) in [5, 5.41) is 9.20. The van der Waals surface area contributed by atoms with Crippen molar-refractivity contribution < 1.29 is 9.53 Å². The second kappa shape index (κ2) is 7.81. The fourth-order valence-electron chi connectivity index (χ4n) is 2.00. The number of ether oxygens (including phenoxy) is 1. The Balaban J connectivity index is 2.23. The highest BCUT2D eigenvalue weighted by atomic mass is 16.5. The molecule has 4 nitrogen and oxygen atoms in total. The molecule has 0 fully saturated rings. The van der Waals surface area contributed by atoms with E-state index >= 15 is 0 Å². The van der Waals surface area contributed by atoms with Crippen molar-refractivity contribution >= 4 is 12.0 Å². The molecule has 0 saturated heterocycles. The number of nitrogens with zero attached hydrogens (tertiary/aromatic N) is 2. The average molecular weight is 306 g/mol. The highest BCUT2D eigenvalue weighted by Gasteiger charge is 2.12. The van der Waals surface area contributed by atoms with E-state index in [1.165, 1.54) is 4.90 Å². The van der Waals surface area contributed by atoms with Crippen molar-refractivity contribution in [3.63, 3.8) is 0 Å². The number of para-hydroxylation sites is 1. The number of hydrogen-bond acceptors (Lipinski definition) is 3. The van der Waals surface area contributed by atoms with E-state index in [1.807, 2.05) is 60.7 Å². The Hall–Kier alpha value is -3.06. The topological polar surface area (TPSA) is 53.3 Å². The van der Waals surface area contributed by atoms with Crippen molar-refractivity contribution in [3.8, 4) is 11.8 Å². The SMILES string of the molecule is CN(C)C(=O)/C(C#N)=C\c1ccccc1OCc1ccccc1. The molecular weight excluding hydrogens is 288 g/mol. The van der Waals surface area contributed by atoms with Crippen LogP contribution in [0.3, 0.4) is 0 Å². The highest BCUT2D eigenvalue weighted by molar-refractivity contribution is 6.01. The van der Waals surface area contributed by atoms with E-state index in [9.17, 15) is 10.1 Å². The van der Waals surface area contributed by atoms with E-state index in [-0.39, 0.29) is 11.5 Å². The van der Waals surface area contributed by atoms with Crippen LogP contribution in [0.2, 0.25) is 0 Å². The molecule has 0 heterocycles. The molecule has 0 aliphatic rings. The molecule has 23 heavy (non-hydrogen) atoms. The van der Waals surface area contributed by atoms with Gasteiger partial charge in [-0.1, -0.05) is 48.5 Å². The molecule has 0 spiro atoms. The predicted octanol–water partition coefficient (Wildman–Crippen LogP) is 3.26. The third-order valence-electron chi connectivity index (χ3n) is 3.21. The van der Waals surface area contributed by atoms with Gasteiger partial charge in [0, 0.05) is 19.7 Å². The molecule has 1 amide bonds. The summed E-state index contributed by atoms with van der Waals surface area (Å²) in [7, 11) is 3.23. The number of rotatable bonds is 5. The molecule has 0 atom stereocenters. The normalized spacial score (nSPS) is 10.7. The lowest BCUT2D eigenvalue weighted by atomic mass is 10.1. The fourth-order valence-corrected chi connectivity index (χ4v) is 2.00. The van der Waals surface area contributed by atoms with E-state index in [0.29, 0.717) is 17.9 Å². The van der Waals surface area contributed by atoms with Gasteiger partial charge in [0.15, 0.2) is 0 Å². The standard InChI is InChI=1S/C19H18N2O2/c1-21(2)19(22)17(13-20)12-16-10-6-7-11-18(16)23-14-15-8-4-3-5-9-15/h3-12H,14H2,1-2H3/b17-12-.